The van der Waals surface area contributed by atoms with Gasteiger partial charge < -0.3 is 24.4 Å². The van der Waals surface area contributed by atoms with Gasteiger partial charge in [0.1, 0.15) is 29.7 Å². The van der Waals surface area contributed by atoms with Gasteiger partial charge in [0.2, 0.25) is 0 Å². The Morgan fingerprint density at radius 3 is 2.61 bits per heavy atom. The van der Waals surface area contributed by atoms with Gasteiger partial charge in [-0.25, -0.2) is 9.88 Å². The molecule has 2 aromatic rings. The predicted octanol–water partition coefficient (Wildman–Crippen LogP) is 4.78. The molecule has 0 saturated carbocycles. The summed E-state index contributed by atoms with van der Waals surface area (Å²) in [5.41, 5.74) is 4.66. The summed E-state index contributed by atoms with van der Waals surface area (Å²) in [7, 11) is -3.53. The van der Waals surface area contributed by atoms with Crippen molar-refractivity contribution in [3.8, 4) is 11.5 Å². The first-order valence-electron chi connectivity index (χ1n) is 12.8. The zero-order valence-corrected chi connectivity index (χ0v) is 23.5. The molecule has 0 bridgehead atoms. The first-order chi connectivity index (χ1) is 18.1. The van der Waals surface area contributed by atoms with Gasteiger partial charge in [-0.15, -0.1) is 0 Å². The van der Waals surface area contributed by atoms with E-state index in [9.17, 15) is 19.3 Å². The lowest BCUT2D eigenvalue weighted by atomic mass is 9.89. The van der Waals surface area contributed by atoms with Crippen molar-refractivity contribution in [2.45, 2.75) is 60.1 Å². The highest BCUT2D eigenvalue weighted by Gasteiger charge is 2.31. The number of nitrogens with one attached hydrogen (secondary N) is 2. The number of rotatable bonds is 13. The van der Waals surface area contributed by atoms with Crippen molar-refractivity contribution in [1.82, 2.24) is 10.4 Å². The van der Waals surface area contributed by atoms with E-state index in [1.165, 1.54) is 0 Å². The van der Waals surface area contributed by atoms with Crippen molar-refractivity contribution in [1.29, 1.82) is 0 Å². The van der Waals surface area contributed by atoms with Gasteiger partial charge in [-0.3, -0.25) is 9.36 Å². The van der Waals surface area contributed by atoms with Gasteiger partial charge >= 0.3 is 19.5 Å². The van der Waals surface area contributed by atoms with Crippen molar-refractivity contribution in [2.75, 3.05) is 19.4 Å². The van der Waals surface area contributed by atoms with E-state index in [0.29, 0.717) is 30.7 Å². The molecule has 0 aromatic heterocycles. The monoisotopic (exact) mass is 544 g/mol. The molecule has 3 rings (SSSR count). The molecule has 0 radical (unpaired) electrons. The number of allylic oxidation sites excluding steroid dienone is 1. The minimum atomic E-state index is -3.53. The zero-order valence-electron chi connectivity index (χ0n) is 22.6. The van der Waals surface area contributed by atoms with Crippen LogP contribution in [0.2, 0.25) is 0 Å². The number of esters is 2. The van der Waals surface area contributed by atoms with Crippen LogP contribution in [0.4, 0.5) is 0 Å². The normalized spacial score (nSPS) is 15.4. The van der Waals surface area contributed by atoms with Crippen LogP contribution in [0.5, 0.6) is 11.5 Å². The second kappa shape index (κ2) is 13.1. The summed E-state index contributed by atoms with van der Waals surface area (Å²) in [5.74, 6) is -0.604. The maximum Gasteiger partial charge on any atom is 0.342 e. The number of para-hydroxylation sites is 1. The van der Waals surface area contributed by atoms with Crippen LogP contribution in [0.25, 0.3) is 0 Å². The highest BCUT2D eigenvalue weighted by Crippen LogP contribution is 2.42. The largest absolute Gasteiger partial charge is 0.507 e. The summed E-state index contributed by atoms with van der Waals surface area (Å²) in [6.07, 6.45) is 3.07. The molecule has 1 aliphatic heterocycles. The standard InChI is InChI=1S/C28H37N2O7P/c1-6-22-19(4)24-16-36-28(33)25(24)26(31)23(22)14-13-18(3)15-29-17-38(34,30-20(5)27(32)35-7-2)37-21-11-9-8-10-12-21/h8-13,20,29,31H,6-7,14-17H2,1-5H3,(H,30,34)/t20-,38?/m0/s1. The van der Waals surface area contributed by atoms with E-state index >= 15 is 0 Å². The fourth-order valence-corrected chi connectivity index (χ4v) is 6.23. The second-order valence-electron chi connectivity index (χ2n) is 9.23. The van der Waals surface area contributed by atoms with E-state index in [0.717, 1.165) is 22.3 Å². The van der Waals surface area contributed by atoms with Gasteiger partial charge in [0.05, 0.1) is 12.9 Å². The van der Waals surface area contributed by atoms with Crippen molar-refractivity contribution in [3.05, 3.63) is 69.8 Å². The summed E-state index contributed by atoms with van der Waals surface area (Å²) >= 11 is 0. The van der Waals surface area contributed by atoms with Crippen molar-refractivity contribution < 1.29 is 33.3 Å². The molecule has 1 heterocycles. The number of phenolic OH excluding ortho intramolecular Hbond substituents is 1. The molecule has 38 heavy (non-hydrogen) atoms. The van der Waals surface area contributed by atoms with Crippen molar-refractivity contribution in [2.24, 2.45) is 0 Å². The van der Waals surface area contributed by atoms with Crippen LogP contribution >= 0.6 is 7.52 Å². The van der Waals surface area contributed by atoms with Crippen LogP contribution in [0.3, 0.4) is 0 Å². The molecule has 1 aliphatic rings. The average Bonchev–Trinajstić information content (AvgIpc) is 3.27. The fourth-order valence-electron chi connectivity index (χ4n) is 4.46. The molecule has 10 heteroatoms. The third kappa shape index (κ3) is 7.04. The number of hydrogen-bond acceptors (Lipinski definition) is 8. The Morgan fingerprint density at radius 1 is 1.24 bits per heavy atom. The molecular formula is C28H37N2O7P. The van der Waals surface area contributed by atoms with E-state index in [4.69, 9.17) is 14.0 Å². The molecule has 0 saturated heterocycles. The number of carbonyl (C=O) groups excluding carboxylic acids is 2. The van der Waals surface area contributed by atoms with Gasteiger partial charge in [0.15, 0.2) is 0 Å². The van der Waals surface area contributed by atoms with Crippen molar-refractivity contribution in [3.63, 3.8) is 0 Å². The average molecular weight is 545 g/mol. The number of aromatic hydroxyl groups is 1. The van der Waals surface area contributed by atoms with Crippen LogP contribution in [0.1, 0.15) is 60.3 Å². The number of carbonyl (C=O) groups is 2. The topological polar surface area (TPSA) is 123 Å². The number of ether oxygens (including phenoxy) is 2. The van der Waals surface area contributed by atoms with Crippen LogP contribution in [0.15, 0.2) is 42.0 Å². The van der Waals surface area contributed by atoms with E-state index in [-0.39, 0.29) is 30.8 Å². The fraction of sp³-hybridized carbons (Fsp3) is 0.429. The first-order valence-corrected chi connectivity index (χ1v) is 14.6. The summed E-state index contributed by atoms with van der Waals surface area (Å²) in [6.45, 7) is 9.98. The van der Waals surface area contributed by atoms with E-state index in [1.807, 2.05) is 32.9 Å². The molecule has 0 amide bonds. The molecule has 0 aliphatic carbocycles. The molecule has 3 N–H and O–H groups in total. The first kappa shape index (κ1) is 29.4. The summed E-state index contributed by atoms with van der Waals surface area (Å²) in [6, 6.07) is 7.94. The van der Waals surface area contributed by atoms with E-state index in [2.05, 4.69) is 10.4 Å². The second-order valence-corrected chi connectivity index (χ2v) is 11.3. The Kier molecular flexibility index (Phi) is 10.1. The van der Waals surface area contributed by atoms with Crippen molar-refractivity contribution >= 4 is 19.5 Å². The highest BCUT2D eigenvalue weighted by molar-refractivity contribution is 7.57. The summed E-state index contributed by atoms with van der Waals surface area (Å²) < 4.78 is 29.7. The Morgan fingerprint density at radius 2 is 1.95 bits per heavy atom. The molecular weight excluding hydrogens is 507 g/mol. The number of cyclic esters (lactones) is 1. The lowest BCUT2D eigenvalue weighted by Crippen LogP contribution is -2.37. The molecule has 206 valence electrons. The Labute approximate surface area is 224 Å². The maximum atomic E-state index is 13.7. The number of fused-ring (bicyclic) bond motifs is 1. The highest BCUT2D eigenvalue weighted by atomic mass is 31.2. The predicted molar refractivity (Wildman–Crippen MR) is 146 cm³/mol. The van der Waals surface area contributed by atoms with E-state index in [1.54, 1.807) is 38.1 Å². The minimum Gasteiger partial charge on any atom is -0.507 e. The number of phenols is 1. The SMILES string of the molecule is CCOC(=O)[C@H](C)NP(=O)(CNCC(C)=CCc1c(O)c2c(c(C)c1CC)COC2=O)Oc1ccccc1. The lowest BCUT2D eigenvalue weighted by Gasteiger charge is -2.24. The van der Waals surface area contributed by atoms with Gasteiger partial charge in [-0.1, -0.05) is 36.8 Å². The van der Waals surface area contributed by atoms with Gasteiger partial charge in [0, 0.05) is 17.7 Å². The number of benzene rings is 2. The van der Waals surface area contributed by atoms with Crippen LogP contribution in [-0.2, 0) is 38.3 Å². The molecule has 2 aromatic carbocycles. The molecule has 1 unspecified atom stereocenters. The third-order valence-corrected chi connectivity index (χ3v) is 8.33. The molecule has 9 nitrogen and oxygen atoms in total. The van der Waals surface area contributed by atoms with Crippen LogP contribution in [-0.4, -0.2) is 42.5 Å². The maximum absolute atomic E-state index is 13.7. The van der Waals surface area contributed by atoms with Gasteiger partial charge in [0.25, 0.3) is 0 Å². The van der Waals surface area contributed by atoms with Gasteiger partial charge in [-0.05, 0) is 63.8 Å². The van der Waals surface area contributed by atoms with Crippen LogP contribution in [0, 0.1) is 6.92 Å². The Bertz CT molecular complexity index is 1240. The smallest absolute Gasteiger partial charge is 0.342 e. The van der Waals surface area contributed by atoms with E-state index < -0.39 is 25.5 Å². The lowest BCUT2D eigenvalue weighted by molar-refractivity contribution is -0.144. The Hall–Kier alpha value is -3.13. The third-order valence-electron chi connectivity index (χ3n) is 6.40. The molecule has 0 fully saturated rings. The minimum absolute atomic E-state index is 0.0140. The molecule has 0 spiro atoms. The number of hydrogen-bond donors (Lipinski definition) is 3. The summed E-state index contributed by atoms with van der Waals surface area (Å²) in [5, 5.41) is 16.8. The summed E-state index contributed by atoms with van der Waals surface area (Å²) in [4.78, 5) is 24.3. The van der Waals surface area contributed by atoms with Crippen LogP contribution < -0.4 is 14.9 Å². The van der Waals surface area contributed by atoms with Gasteiger partial charge in [-0.2, -0.15) is 0 Å². The molecule has 2 atom stereocenters. The Balaban J connectivity index is 1.71. The zero-order chi connectivity index (χ0) is 27.9. The quantitative estimate of drug-likeness (QED) is 0.186.